The molecule has 2 rings (SSSR count). The van der Waals surface area contributed by atoms with Crippen molar-refractivity contribution in [1.29, 1.82) is 0 Å². The first-order valence-corrected chi connectivity index (χ1v) is 7.21. The number of rotatable bonds is 5. The number of nitro groups is 1. The van der Waals surface area contributed by atoms with E-state index in [0.717, 1.165) is 6.42 Å². The fourth-order valence-corrected chi connectivity index (χ4v) is 2.58. The monoisotopic (exact) mass is 312 g/mol. The highest BCUT2D eigenvalue weighted by atomic mass is 35.5. The number of benzene rings is 1. The van der Waals surface area contributed by atoms with Gasteiger partial charge in [0.05, 0.1) is 11.5 Å². The average Bonchev–Trinajstić information content (AvgIpc) is 2.96. The van der Waals surface area contributed by atoms with Crippen molar-refractivity contribution < 1.29 is 14.5 Å². The van der Waals surface area contributed by atoms with E-state index in [2.05, 4.69) is 0 Å². The predicted molar refractivity (Wildman–Crippen MR) is 78.6 cm³/mol. The second-order valence-electron chi connectivity index (χ2n) is 4.99. The van der Waals surface area contributed by atoms with Crippen LogP contribution < -0.4 is 0 Å². The summed E-state index contributed by atoms with van der Waals surface area (Å²) in [4.78, 5) is 24.7. The van der Waals surface area contributed by atoms with Gasteiger partial charge in [0.15, 0.2) is 0 Å². The Bertz CT molecular complexity index is 544. The molecule has 1 fully saturated rings. The first-order chi connectivity index (χ1) is 10.0. The smallest absolute Gasteiger partial charge is 0.282 e. The van der Waals surface area contributed by atoms with E-state index in [1.807, 2.05) is 6.92 Å². The second kappa shape index (κ2) is 6.87. The molecule has 1 aliphatic heterocycles. The van der Waals surface area contributed by atoms with Crippen molar-refractivity contribution >= 4 is 23.2 Å². The summed E-state index contributed by atoms with van der Waals surface area (Å²) in [6.07, 6.45) is 0.904. The van der Waals surface area contributed by atoms with Gasteiger partial charge in [-0.3, -0.25) is 14.9 Å². The van der Waals surface area contributed by atoms with Crippen LogP contribution >= 0.6 is 11.6 Å². The van der Waals surface area contributed by atoms with E-state index in [4.69, 9.17) is 16.3 Å². The largest absolute Gasteiger partial charge is 0.381 e. The van der Waals surface area contributed by atoms with Crippen LogP contribution in [0.4, 0.5) is 5.69 Å². The third kappa shape index (κ3) is 3.71. The molecule has 6 nitrogen and oxygen atoms in total. The van der Waals surface area contributed by atoms with E-state index in [1.54, 1.807) is 4.90 Å². The summed E-state index contributed by atoms with van der Waals surface area (Å²) < 4.78 is 5.30. The normalized spacial score (nSPS) is 17.7. The molecule has 0 saturated carbocycles. The van der Waals surface area contributed by atoms with Gasteiger partial charge in [-0.15, -0.1) is 0 Å². The molecule has 21 heavy (non-hydrogen) atoms. The lowest BCUT2D eigenvalue weighted by Gasteiger charge is -2.23. The molecule has 1 saturated heterocycles. The summed E-state index contributed by atoms with van der Waals surface area (Å²) >= 11 is 5.87. The SMILES string of the molecule is CCN(CC1CCOC1)C(=O)c1cc(Cl)ccc1[N+](=O)[O-]. The fourth-order valence-electron chi connectivity index (χ4n) is 2.40. The Balaban J connectivity index is 2.23. The van der Waals surface area contributed by atoms with Gasteiger partial charge >= 0.3 is 0 Å². The molecule has 7 heteroatoms. The quantitative estimate of drug-likeness (QED) is 0.619. The third-order valence-electron chi connectivity index (χ3n) is 3.56. The average molecular weight is 313 g/mol. The zero-order valence-electron chi connectivity index (χ0n) is 11.8. The Morgan fingerprint density at radius 1 is 1.57 bits per heavy atom. The number of carbonyl (C=O) groups excluding carboxylic acids is 1. The zero-order valence-corrected chi connectivity index (χ0v) is 12.5. The number of nitrogens with zero attached hydrogens (tertiary/aromatic N) is 2. The lowest BCUT2D eigenvalue weighted by molar-refractivity contribution is -0.385. The molecule has 0 radical (unpaired) electrons. The van der Waals surface area contributed by atoms with Gasteiger partial charge in [-0.25, -0.2) is 0 Å². The Hall–Kier alpha value is -1.66. The van der Waals surface area contributed by atoms with Crippen molar-refractivity contribution in [2.75, 3.05) is 26.3 Å². The Morgan fingerprint density at radius 2 is 2.33 bits per heavy atom. The molecule has 0 aromatic heterocycles. The number of hydrogen-bond acceptors (Lipinski definition) is 4. The molecule has 0 bridgehead atoms. The van der Waals surface area contributed by atoms with Crippen molar-refractivity contribution in [3.63, 3.8) is 0 Å². The minimum Gasteiger partial charge on any atom is -0.381 e. The van der Waals surface area contributed by atoms with Crippen LogP contribution in [0, 0.1) is 16.0 Å². The molecule has 1 atom stereocenters. The summed E-state index contributed by atoms with van der Waals surface area (Å²) in [5, 5.41) is 11.4. The highest BCUT2D eigenvalue weighted by Crippen LogP contribution is 2.25. The first kappa shape index (κ1) is 15.7. The number of halogens is 1. The molecule has 1 aliphatic rings. The minimum absolute atomic E-state index is 0.0354. The van der Waals surface area contributed by atoms with E-state index in [1.165, 1.54) is 18.2 Å². The summed E-state index contributed by atoms with van der Waals surface area (Å²) in [5.74, 6) is -0.0780. The van der Waals surface area contributed by atoms with Crippen LogP contribution in [-0.4, -0.2) is 42.0 Å². The van der Waals surface area contributed by atoms with Crippen LogP contribution in [0.15, 0.2) is 18.2 Å². The Kier molecular flexibility index (Phi) is 5.14. The molecule has 0 spiro atoms. The van der Waals surface area contributed by atoms with Crippen LogP contribution in [0.25, 0.3) is 0 Å². The highest BCUT2D eigenvalue weighted by molar-refractivity contribution is 6.31. The van der Waals surface area contributed by atoms with Crippen molar-refractivity contribution in [1.82, 2.24) is 4.90 Å². The number of ether oxygens (including phenoxy) is 1. The van der Waals surface area contributed by atoms with Gasteiger partial charge in [0.2, 0.25) is 0 Å². The van der Waals surface area contributed by atoms with Gasteiger partial charge in [0.1, 0.15) is 5.56 Å². The number of carbonyl (C=O) groups is 1. The van der Waals surface area contributed by atoms with Gasteiger partial charge in [-0.1, -0.05) is 11.6 Å². The summed E-state index contributed by atoms with van der Waals surface area (Å²) in [6.45, 7) is 4.21. The molecule has 1 amide bonds. The van der Waals surface area contributed by atoms with Crippen molar-refractivity contribution in [3.05, 3.63) is 38.9 Å². The molecule has 1 aromatic carbocycles. The van der Waals surface area contributed by atoms with Crippen LogP contribution in [0.3, 0.4) is 0 Å². The number of hydrogen-bond donors (Lipinski definition) is 0. The van der Waals surface area contributed by atoms with E-state index in [9.17, 15) is 14.9 Å². The van der Waals surface area contributed by atoms with Gasteiger partial charge in [0.25, 0.3) is 11.6 Å². The summed E-state index contributed by atoms with van der Waals surface area (Å²) in [6, 6.07) is 4.04. The fraction of sp³-hybridized carbons (Fsp3) is 0.500. The van der Waals surface area contributed by atoms with E-state index in [-0.39, 0.29) is 23.1 Å². The van der Waals surface area contributed by atoms with Crippen molar-refractivity contribution in [2.24, 2.45) is 5.92 Å². The maximum absolute atomic E-state index is 12.6. The summed E-state index contributed by atoms with van der Waals surface area (Å²) in [5.41, 5.74) is -0.182. The maximum Gasteiger partial charge on any atom is 0.282 e. The van der Waals surface area contributed by atoms with Gasteiger partial charge in [-0.2, -0.15) is 0 Å². The number of amides is 1. The number of nitro benzene ring substituents is 1. The Labute approximate surface area is 127 Å². The molecular weight excluding hydrogens is 296 g/mol. The molecule has 0 aliphatic carbocycles. The molecule has 1 aromatic rings. The first-order valence-electron chi connectivity index (χ1n) is 6.84. The molecule has 0 N–H and O–H groups in total. The lowest BCUT2D eigenvalue weighted by atomic mass is 10.1. The Morgan fingerprint density at radius 3 is 2.90 bits per heavy atom. The van der Waals surface area contributed by atoms with Crippen molar-refractivity contribution in [2.45, 2.75) is 13.3 Å². The van der Waals surface area contributed by atoms with Crippen LogP contribution in [-0.2, 0) is 4.74 Å². The summed E-state index contributed by atoms with van der Waals surface area (Å²) in [7, 11) is 0. The predicted octanol–water partition coefficient (Wildman–Crippen LogP) is 2.75. The van der Waals surface area contributed by atoms with Gasteiger partial charge in [0, 0.05) is 36.7 Å². The highest BCUT2D eigenvalue weighted by Gasteiger charge is 2.27. The zero-order chi connectivity index (χ0) is 15.4. The third-order valence-corrected chi connectivity index (χ3v) is 3.79. The molecule has 1 heterocycles. The lowest BCUT2D eigenvalue weighted by Crippen LogP contribution is -2.35. The standard InChI is InChI=1S/C14H17ClN2O4/c1-2-16(8-10-5-6-21-9-10)14(18)12-7-11(15)3-4-13(12)17(19)20/h3-4,7,10H,2,5-6,8-9H2,1H3. The topological polar surface area (TPSA) is 72.7 Å². The van der Waals surface area contributed by atoms with Crippen molar-refractivity contribution in [3.8, 4) is 0 Å². The van der Waals surface area contributed by atoms with E-state index >= 15 is 0 Å². The maximum atomic E-state index is 12.6. The van der Waals surface area contributed by atoms with E-state index in [0.29, 0.717) is 31.3 Å². The van der Waals surface area contributed by atoms with Crippen LogP contribution in [0.5, 0.6) is 0 Å². The second-order valence-corrected chi connectivity index (χ2v) is 5.43. The van der Waals surface area contributed by atoms with Gasteiger partial charge < -0.3 is 9.64 Å². The van der Waals surface area contributed by atoms with Gasteiger partial charge in [-0.05, 0) is 25.5 Å². The van der Waals surface area contributed by atoms with E-state index < -0.39 is 4.92 Å². The minimum atomic E-state index is -0.559. The molecule has 1 unspecified atom stereocenters. The molecular formula is C14H17ClN2O4. The van der Waals surface area contributed by atoms with Crippen LogP contribution in [0.1, 0.15) is 23.7 Å². The van der Waals surface area contributed by atoms with Crippen LogP contribution in [0.2, 0.25) is 5.02 Å². The molecule has 114 valence electrons.